The van der Waals surface area contributed by atoms with Gasteiger partial charge in [-0.05, 0) is 37.8 Å². The zero-order chi connectivity index (χ0) is 17.4. The Balaban J connectivity index is 2.74. The first-order valence-electron chi connectivity index (χ1n) is 6.80. The highest BCUT2D eigenvalue weighted by Gasteiger charge is 2.36. The summed E-state index contributed by atoms with van der Waals surface area (Å²) in [5, 5.41) is 1.71. The zero-order valence-corrected chi connectivity index (χ0v) is 16.9. The molecule has 0 saturated heterocycles. The van der Waals surface area contributed by atoms with E-state index in [0.29, 0.717) is 20.9 Å². The quantitative estimate of drug-likeness (QED) is 0.535. The predicted octanol–water partition coefficient (Wildman–Crippen LogP) is 4.87. The number of nitrogens with zero attached hydrogens (tertiary/aromatic N) is 1. The normalized spacial score (nSPS) is 14.7. The van der Waals surface area contributed by atoms with Crippen LogP contribution in [0.3, 0.4) is 0 Å². The van der Waals surface area contributed by atoms with Gasteiger partial charge in [0.25, 0.3) is 0 Å². The highest BCUT2D eigenvalue weighted by atomic mass is 35.5. The highest BCUT2D eigenvalue weighted by Crippen LogP contribution is 2.51. The molecule has 0 fully saturated rings. The second-order valence-corrected chi connectivity index (χ2v) is 13.5. The van der Waals surface area contributed by atoms with E-state index in [2.05, 4.69) is 4.98 Å². The van der Waals surface area contributed by atoms with Crippen molar-refractivity contribution in [3.05, 3.63) is 28.2 Å². The summed E-state index contributed by atoms with van der Waals surface area (Å²) < 4.78 is 29.5. The fourth-order valence-electron chi connectivity index (χ4n) is 2.06. The number of fused-ring (bicyclic) bond motifs is 1. The Morgan fingerprint density at radius 2 is 1.78 bits per heavy atom. The molecule has 126 valence electrons. The molecule has 1 atom stereocenters. The minimum atomic E-state index is -3.58. The van der Waals surface area contributed by atoms with Crippen molar-refractivity contribution in [1.82, 2.24) is 4.98 Å². The lowest BCUT2D eigenvalue weighted by Gasteiger charge is -2.25. The number of benzene rings is 1. The number of hydrogen-bond acceptors (Lipinski definition) is 5. The Labute approximate surface area is 146 Å². The number of methoxy groups -OCH3 is 1. The lowest BCUT2D eigenvalue weighted by Crippen LogP contribution is -2.27. The number of halogens is 2. The molecule has 0 spiro atoms. The van der Waals surface area contributed by atoms with Crippen molar-refractivity contribution in [2.24, 2.45) is 0 Å². The first kappa shape index (κ1) is 18.7. The largest absolute Gasteiger partial charge is 0.480 e. The van der Waals surface area contributed by atoms with Crippen LogP contribution in [0, 0.1) is 0 Å². The smallest absolute Gasteiger partial charge is 0.356 e. The molecule has 1 heterocycles. The fourth-order valence-corrected chi connectivity index (χ4v) is 7.04. The molecule has 2 aromatic rings. The number of hydrogen-bond donors (Lipinski definition) is 0. The number of aromatic nitrogens is 1. The summed E-state index contributed by atoms with van der Waals surface area (Å²) in [5.74, 6) is 0.166. The molecule has 0 aliphatic heterocycles. The van der Waals surface area contributed by atoms with Crippen molar-refractivity contribution < 1.29 is 18.0 Å². The molecule has 0 aliphatic rings. The van der Waals surface area contributed by atoms with Crippen molar-refractivity contribution in [2.45, 2.75) is 19.6 Å². The van der Waals surface area contributed by atoms with Crippen LogP contribution in [0.4, 0.5) is 0 Å². The van der Waals surface area contributed by atoms with E-state index in [9.17, 15) is 4.57 Å². The maximum atomic E-state index is 13.2. The third kappa shape index (κ3) is 4.08. The SMILES string of the molecule is COc1nc2cc(Cl)cc(Cl)c2cc1P(=O)(OC)O[Si](C)(C)C. The summed E-state index contributed by atoms with van der Waals surface area (Å²) in [4.78, 5) is 4.35. The summed E-state index contributed by atoms with van der Waals surface area (Å²) in [6.07, 6.45) is 0. The monoisotopic (exact) mass is 393 g/mol. The zero-order valence-electron chi connectivity index (χ0n) is 13.5. The van der Waals surface area contributed by atoms with Crippen molar-refractivity contribution >= 4 is 55.3 Å². The van der Waals surface area contributed by atoms with Crippen LogP contribution >= 0.6 is 30.8 Å². The standard InChI is InChI=1S/C14H18Cl2NO4PSi/c1-19-14-13(22(18,20-2)21-23(3,4)5)8-10-11(16)6-9(15)7-12(10)17-14/h6-8H,1-5H3. The average Bonchev–Trinajstić information content (AvgIpc) is 2.43. The Hall–Kier alpha value is -0.623. The van der Waals surface area contributed by atoms with Gasteiger partial charge in [0, 0.05) is 17.5 Å². The van der Waals surface area contributed by atoms with Crippen LogP contribution in [0.15, 0.2) is 18.2 Å². The summed E-state index contributed by atoms with van der Waals surface area (Å²) in [5.41, 5.74) is 0.541. The first-order chi connectivity index (χ1) is 10.6. The van der Waals surface area contributed by atoms with E-state index in [-0.39, 0.29) is 11.2 Å². The number of pyridine rings is 1. The van der Waals surface area contributed by atoms with E-state index >= 15 is 0 Å². The second kappa shape index (κ2) is 6.71. The van der Waals surface area contributed by atoms with E-state index in [4.69, 9.17) is 36.7 Å². The maximum absolute atomic E-state index is 13.2. The van der Waals surface area contributed by atoms with Gasteiger partial charge >= 0.3 is 7.60 Å². The van der Waals surface area contributed by atoms with Crippen molar-refractivity contribution in [3.8, 4) is 5.88 Å². The van der Waals surface area contributed by atoms with Gasteiger partial charge in [-0.3, -0.25) is 4.57 Å². The summed E-state index contributed by atoms with van der Waals surface area (Å²) >= 11 is 12.2. The maximum Gasteiger partial charge on any atom is 0.356 e. The highest BCUT2D eigenvalue weighted by molar-refractivity contribution is 7.63. The van der Waals surface area contributed by atoms with Crippen LogP contribution in [-0.4, -0.2) is 27.5 Å². The van der Waals surface area contributed by atoms with Crippen molar-refractivity contribution in [3.63, 3.8) is 0 Å². The Morgan fingerprint density at radius 3 is 2.30 bits per heavy atom. The number of ether oxygens (including phenoxy) is 1. The molecule has 0 bridgehead atoms. The van der Waals surface area contributed by atoms with Gasteiger partial charge in [-0.25, -0.2) is 4.98 Å². The van der Waals surface area contributed by atoms with E-state index in [1.54, 1.807) is 18.2 Å². The molecule has 0 saturated carbocycles. The molecule has 0 radical (unpaired) electrons. The van der Waals surface area contributed by atoms with Gasteiger partial charge in [0.2, 0.25) is 5.88 Å². The molecule has 1 unspecified atom stereocenters. The van der Waals surface area contributed by atoms with Gasteiger partial charge in [-0.1, -0.05) is 23.2 Å². The molecular weight excluding hydrogens is 376 g/mol. The van der Waals surface area contributed by atoms with Gasteiger partial charge in [-0.15, -0.1) is 0 Å². The van der Waals surface area contributed by atoms with Crippen LogP contribution < -0.4 is 10.0 Å². The molecule has 0 amide bonds. The van der Waals surface area contributed by atoms with E-state index in [1.807, 2.05) is 19.6 Å². The summed E-state index contributed by atoms with van der Waals surface area (Å²) in [7, 11) is -2.95. The van der Waals surface area contributed by atoms with Crippen LogP contribution in [-0.2, 0) is 13.3 Å². The molecule has 1 aromatic carbocycles. The van der Waals surface area contributed by atoms with E-state index in [0.717, 1.165) is 0 Å². The Bertz CT molecular complexity index is 794. The van der Waals surface area contributed by atoms with Crippen LogP contribution in [0.5, 0.6) is 5.88 Å². The van der Waals surface area contributed by atoms with E-state index < -0.39 is 15.9 Å². The van der Waals surface area contributed by atoms with Crippen molar-refractivity contribution in [1.29, 1.82) is 0 Å². The molecule has 1 aromatic heterocycles. The van der Waals surface area contributed by atoms with Gasteiger partial charge in [0.15, 0.2) is 8.32 Å². The lowest BCUT2D eigenvalue weighted by atomic mass is 10.2. The Kier molecular flexibility index (Phi) is 5.46. The minimum absolute atomic E-state index is 0.166. The molecule has 0 N–H and O–H groups in total. The number of rotatable bonds is 5. The lowest BCUT2D eigenvalue weighted by molar-refractivity contribution is 0.329. The molecule has 0 aliphatic carbocycles. The van der Waals surface area contributed by atoms with Gasteiger partial charge < -0.3 is 13.5 Å². The molecule has 23 heavy (non-hydrogen) atoms. The average molecular weight is 394 g/mol. The van der Waals surface area contributed by atoms with E-state index in [1.165, 1.54) is 14.2 Å². The van der Waals surface area contributed by atoms with Gasteiger partial charge in [0.05, 0.1) is 17.6 Å². The van der Waals surface area contributed by atoms with Gasteiger partial charge in [-0.2, -0.15) is 0 Å². The first-order valence-corrected chi connectivity index (χ1v) is 12.5. The second-order valence-electron chi connectivity index (χ2n) is 5.85. The van der Waals surface area contributed by atoms with Crippen molar-refractivity contribution in [2.75, 3.05) is 14.2 Å². The third-order valence-corrected chi connectivity index (χ3v) is 7.99. The summed E-state index contributed by atoms with van der Waals surface area (Å²) in [6, 6.07) is 4.89. The Morgan fingerprint density at radius 1 is 1.13 bits per heavy atom. The molecule has 2 rings (SSSR count). The minimum Gasteiger partial charge on any atom is -0.480 e. The summed E-state index contributed by atoms with van der Waals surface area (Å²) in [6.45, 7) is 5.77. The van der Waals surface area contributed by atoms with Crippen LogP contribution in [0.2, 0.25) is 29.7 Å². The topological polar surface area (TPSA) is 57.7 Å². The molecular formula is C14H18Cl2NO4PSi. The predicted molar refractivity (Wildman–Crippen MR) is 97.0 cm³/mol. The third-order valence-electron chi connectivity index (χ3n) is 2.92. The van der Waals surface area contributed by atoms with Gasteiger partial charge in [0.1, 0.15) is 5.30 Å². The van der Waals surface area contributed by atoms with Crippen LogP contribution in [0.1, 0.15) is 0 Å². The molecule has 5 nitrogen and oxygen atoms in total. The molecule has 9 heteroatoms. The fraction of sp³-hybridized carbons (Fsp3) is 0.357. The van der Waals surface area contributed by atoms with Crippen LogP contribution in [0.25, 0.3) is 10.9 Å².